The van der Waals surface area contributed by atoms with Crippen LogP contribution in [0, 0.1) is 0 Å². The van der Waals surface area contributed by atoms with Crippen LogP contribution in [-0.4, -0.2) is 29.8 Å². The Labute approximate surface area is 322 Å². The molecule has 0 aromatic heterocycles. The Bertz CT molecular complexity index is 819. The van der Waals surface area contributed by atoms with Crippen molar-refractivity contribution < 1.29 is 28.8 Å². The lowest BCUT2D eigenvalue weighted by Gasteiger charge is -2.32. The molecule has 0 spiro atoms. The van der Waals surface area contributed by atoms with Gasteiger partial charge >= 0.3 is 0 Å². The van der Waals surface area contributed by atoms with Gasteiger partial charge in [-0.25, -0.2) is 0 Å². The molecule has 2 N–H and O–H groups in total. The minimum absolute atomic E-state index is 0.262. The second-order valence-corrected chi connectivity index (χ2v) is 16.8. The van der Waals surface area contributed by atoms with Gasteiger partial charge in [0, 0.05) is 6.42 Å². The zero-order valence-electron chi connectivity index (χ0n) is 34.4. The Hall–Kier alpha value is -0.720. The third kappa shape index (κ3) is 40.5. The summed E-state index contributed by atoms with van der Waals surface area (Å²) >= 11 is 0. The zero-order valence-corrected chi connectivity index (χ0v) is 35.3. The number of phosphoric ester groups is 1. The van der Waals surface area contributed by atoms with Gasteiger partial charge in [-0.2, -0.15) is 0 Å². The number of phosphoric acid groups is 1. The molecule has 0 radical (unpaired) electrons. The molecule has 0 heterocycles. The summed E-state index contributed by atoms with van der Waals surface area (Å²) < 4.78 is 15.5. The molecule has 0 bridgehead atoms. The van der Waals surface area contributed by atoms with E-state index in [1.807, 2.05) is 6.08 Å². The summed E-state index contributed by atoms with van der Waals surface area (Å²) in [6.45, 7) is 3.96. The molecule has 0 aliphatic rings. The van der Waals surface area contributed by atoms with Crippen molar-refractivity contribution in [2.75, 3.05) is 6.61 Å². The van der Waals surface area contributed by atoms with Crippen molar-refractivity contribution in [1.29, 1.82) is 0 Å². The number of carbonyl (C=O) groups is 1. The Morgan fingerprint density at radius 2 is 0.865 bits per heavy atom. The molecule has 310 valence electrons. The first-order chi connectivity index (χ1) is 25.3. The molecule has 0 saturated carbocycles. The van der Waals surface area contributed by atoms with E-state index in [2.05, 4.69) is 23.7 Å². The van der Waals surface area contributed by atoms with Gasteiger partial charge in [0.25, 0.3) is 0 Å². The maximum Gasteiger partial charge on any atom is 0.220 e. The highest BCUT2D eigenvalue weighted by atomic mass is 31.2. The minimum atomic E-state index is -5.21. The molecule has 0 aliphatic carbocycles. The molecule has 0 rings (SSSR count). The maximum atomic E-state index is 12.6. The van der Waals surface area contributed by atoms with Gasteiger partial charge in [0.1, 0.15) is 0 Å². The molecule has 0 saturated heterocycles. The number of hydrogen-bond donors (Lipinski definition) is 2. The van der Waals surface area contributed by atoms with Crippen LogP contribution in [0.25, 0.3) is 0 Å². The fourth-order valence-corrected chi connectivity index (χ4v) is 7.39. The lowest BCUT2D eigenvalue weighted by Crippen LogP contribution is -2.46. The molecular formula is C44H86NO6P-2. The van der Waals surface area contributed by atoms with E-state index < -0.39 is 26.6 Å². The smallest absolute Gasteiger partial charge is 0.220 e. The van der Waals surface area contributed by atoms with Crippen LogP contribution >= 0.6 is 7.82 Å². The third-order valence-corrected chi connectivity index (χ3v) is 11.0. The van der Waals surface area contributed by atoms with Crippen molar-refractivity contribution in [3.63, 3.8) is 0 Å². The highest BCUT2D eigenvalue weighted by Gasteiger charge is 2.20. The molecule has 52 heavy (non-hydrogen) atoms. The number of nitrogens with one attached hydrogen (secondary N) is 1. The third-order valence-electron chi connectivity index (χ3n) is 10.5. The Balaban J connectivity index is 3.82. The van der Waals surface area contributed by atoms with E-state index in [-0.39, 0.29) is 5.91 Å². The molecule has 0 aromatic rings. The number of hydrogen-bond acceptors (Lipinski definition) is 6. The summed E-state index contributed by atoms with van der Waals surface area (Å²) in [6.07, 6.45) is 47.7. The summed E-state index contributed by atoms with van der Waals surface area (Å²) in [5.41, 5.74) is 0. The monoisotopic (exact) mass is 756 g/mol. The topological polar surface area (TPSA) is 122 Å². The lowest BCUT2D eigenvalue weighted by molar-refractivity contribution is -0.342. The quantitative estimate of drug-likeness (QED) is 0.0363. The van der Waals surface area contributed by atoms with Crippen LogP contribution in [0.4, 0.5) is 0 Å². The summed E-state index contributed by atoms with van der Waals surface area (Å²) in [7, 11) is -5.21. The second-order valence-electron chi connectivity index (χ2n) is 15.7. The predicted octanol–water partition coefficient (Wildman–Crippen LogP) is 12.3. The van der Waals surface area contributed by atoms with Crippen LogP contribution in [-0.2, 0) is 13.9 Å². The van der Waals surface area contributed by atoms with Crippen LogP contribution in [0.1, 0.15) is 245 Å². The number of amides is 1. The number of allylic oxidation sites excluding steroid dienone is 1. The van der Waals surface area contributed by atoms with Gasteiger partial charge in [-0.1, -0.05) is 231 Å². The molecular weight excluding hydrogens is 669 g/mol. The van der Waals surface area contributed by atoms with Crippen LogP contribution in [0.2, 0.25) is 0 Å². The molecule has 7 nitrogen and oxygen atoms in total. The predicted molar refractivity (Wildman–Crippen MR) is 218 cm³/mol. The molecule has 0 unspecified atom stereocenters. The molecule has 0 aliphatic heterocycles. The number of aliphatic hydroxyl groups excluding tert-OH is 1. The molecule has 0 aromatic carbocycles. The Morgan fingerprint density at radius 1 is 0.558 bits per heavy atom. The molecule has 1 amide bonds. The average molecular weight is 756 g/mol. The fourth-order valence-electron chi connectivity index (χ4n) is 7.04. The first-order valence-electron chi connectivity index (χ1n) is 22.6. The van der Waals surface area contributed by atoms with Gasteiger partial charge in [0.15, 0.2) is 0 Å². The number of carbonyl (C=O) groups excluding carboxylic acids is 1. The summed E-state index contributed by atoms with van der Waals surface area (Å²) in [5, 5.41) is 13.3. The van der Waals surface area contributed by atoms with Crippen molar-refractivity contribution >= 4 is 13.7 Å². The van der Waals surface area contributed by atoms with Gasteiger partial charge in [0.05, 0.1) is 26.6 Å². The largest absolute Gasteiger partial charge is 0.790 e. The second kappa shape index (κ2) is 40.0. The molecule has 0 fully saturated rings. The fraction of sp³-hybridized carbons (Fsp3) is 0.932. The van der Waals surface area contributed by atoms with E-state index in [0.717, 1.165) is 38.5 Å². The average Bonchev–Trinajstić information content (AvgIpc) is 3.11. The summed E-state index contributed by atoms with van der Waals surface area (Å²) in [5.74, 6) is -0.262. The van der Waals surface area contributed by atoms with Crippen LogP contribution in [0.3, 0.4) is 0 Å². The van der Waals surface area contributed by atoms with E-state index >= 15 is 0 Å². The normalized spacial score (nSPS) is 13.2. The minimum Gasteiger partial charge on any atom is -0.790 e. The van der Waals surface area contributed by atoms with Crippen molar-refractivity contribution in [3.05, 3.63) is 12.2 Å². The highest BCUT2D eigenvalue weighted by Crippen LogP contribution is 2.25. The van der Waals surface area contributed by atoms with Gasteiger partial charge in [-0.3, -0.25) is 4.79 Å². The number of rotatable bonds is 42. The lowest BCUT2D eigenvalue weighted by atomic mass is 10.0. The van der Waals surface area contributed by atoms with Gasteiger partial charge in [-0.05, 0) is 19.3 Å². The van der Waals surface area contributed by atoms with Crippen molar-refractivity contribution in [2.45, 2.75) is 257 Å². The van der Waals surface area contributed by atoms with Crippen molar-refractivity contribution in [2.24, 2.45) is 0 Å². The molecule has 2 atom stereocenters. The van der Waals surface area contributed by atoms with E-state index in [9.17, 15) is 24.3 Å². The van der Waals surface area contributed by atoms with Crippen LogP contribution < -0.4 is 15.1 Å². The highest BCUT2D eigenvalue weighted by molar-refractivity contribution is 7.43. The van der Waals surface area contributed by atoms with E-state index in [1.54, 1.807) is 6.08 Å². The summed E-state index contributed by atoms with van der Waals surface area (Å²) in [4.78, 5) is 34.7. The number of unbranched alkanes of at least 4 members (excludes halogenated alkanes) is 33. The van der Waals surface area contributed by atoms with E-state index in [0.29, 0.717) is 6.42 Å². The molecule has 8 heteroatoms. The Morgan fingerprint density at radius 3 is 1.19 bits per heavy atom. The SMILES string of the molecule is CCCCCCCCCCCCC/C=C/[C@@H](O)[C@H](COP(=O)([O-])[O-])NC(=O)CCCCCCCCCCCCCCCCCCCCCCCCC. The van der Waals surface area contributed by atoms with Gasteiger partial charge < -0.3 is 29.3 Å². The maximum absolute atomic E-state index is 12.6. The van der Waals surface area contributed by atoms with E-state index in [1.165, 1.54) is 186 Å². The van der Waals surface area contributed by atoms with Gasteiger partial charge in [-0.15, -0.1) is 0 Å². The van der Waals surface area contributed by atoms with Gasteiger partial charge in [0.2, 0.25) is 5.91 Å². The Kier molecular flexibility index (Phi) is 39.4. The first-order valence-corrected chi connectivity index (χ1v) is 24.1. The number of aliphatic hydroxyl groups is 1. The van der Waals surface area contributed by atoms with Crippen molar-refractivity contribution in [1.82, 2.24) is 5.32 Å². The van der Waals surface area contributed by atoms with Crippen LogP contribution in [0.5, 0.6) is 0 Å². The van der Waals surface area contributed by atoms with Crippen molar-refractivity contribution in [3.8, 4) is 0 Å². The standard InChI is InChI=1S/C44H88NO6P/c1-3-5-7-9-11-13-15-17-18-19-20-21-22-23-24-25-26-28-30-32-34-36-38-40-44(47)45-42(41-51-52(48,49)50)43(46)39-37-35-33-31-29-27-16-14-12-10-8-6-4-2/h37,39,42-43,46H,3-36,38,40-41H2,1-2H3,(H,45,47)(H2,48,49,50)/p-2/b39-37+/t42-,43+/m0/s1. The summed E-state index contributed by atoms with van der Waals surface area (Å²) in [6, 6.07) is -0.984. The van der Waals surface area contributed by atoms with Crippen LogP contribution in [0.15, 0.2) is 12.2 Å². The first kappa shape index (κ1) is 51.3. The van der Waals surface area contributed by atoms with E-state index in [4.69, 9.17) is 0 Å². The zero-order chi connectivity index (χ0) is 38.2.